The third kappa shape index (κ3) is 2.68. The van der Waals surface area contributed by atoms with Crippen molar-refractivity contribution in [3.05, 3.63) is 63.1 Å². The van der Waals surface area contributed by atoms with E-state index in [9.17, 15) is 13.9 Å². The third-order valence-corrected chi connectivity index (χ3v) is 4.01. The molecule has 1 aliphatic rings. The lowest BCUT2D eigenvalue weighted by Gasteiger charge is -2.14. The minimum atomic E-state index is -1.35. The fourth-order valence-corrected chi connectivity index (χ4v) is 3.00. The van der Waals surface area contributed by atoms with Crippen LogP contribution >= 0.6 is 15.9 Å². The quantitative estimate of drug-likeness (QED) is 0.878. The van der Waals surface area contributed by atoms with Gasteiger partial charge < -0.3 is 9.84 Å². The monoisotopic (exact) mass is 354 g/mol. The van der Waals surface area contributed by atoms with Crippen molar-refractivity contribution in [1.82, 2.24) is 0 Å². The molecule has 2 aromatic rings. The van der Waals surface area contributed by atoms with Crippen LogP contribution in [0.15, 0.2) is 34.8 Å². The number of hydrogen-bond acceptors (Lipinski definition) is 2. The SMILES string of the molecule is CC1Cc2cc(C(O)c3c(F)cc(Br)cc3F)ccc2O1. The van der Waals surface area contributed by atoms with Gasteiger partial charge in [0, 0.05) is 10.9 Å². The van der Waals surface area contributed by atoms with E-state index in [0.717, 1.165) is 29.9 Å². The van der Waals surface area contributed by atoms with E-state index in [-0.39, 0.29) is 11.7 Å². The van der Waals surface area contributed by atoms with Crippen LogP contribution in [-0.4, -0.2) is 11.2 Å². The summed E-state index contributed by atoms with van der Waals surface area (Å²) in [5, 5.41) is 10.3. The Morgan fingerprint density at radius 2 is 1.90 bits per heavy atom. The Labute approximate surface area is 129 Å². The number of halogens is 3. The standard InChI is InChI=1S/C16H13BrF2O2/c1-8-4-10-5-9(2-3-14(10)21-8)16(20)15-12(18)6-11(17)7-13(15)19/h2-3,5-8,16,20H,4H2,1H3. The molecule has 0 radical (unpaired) electrons. The molecule has 0 aliphatic carbocycles. The molecule has 0 saturated heterocycles. The van der Waals surface area contributed by atoms with E-state index in [1.807, 2.05) is 6.92 Å². The largest absolute Gasteiger partial charge is 0.490 e. The van der Waals surface area contributed by atoms with Gasteiger partial charge in [-0.15, -0.1) is 0 Å². The van der Waals surface area contributed by atoms with Crippen LogP contribution in [0, 0.1) is 11.6 Å². The molecule has 2 aromatic carbocycles. The van der Waals surface area contributed by atoms with Gasteiger partial charge in [0.05, 0.1) is 5.56 Å². The van der Waals surface area contributed by atoms with E-state index in [1.165, 1.54) is 0 Å². The fourth-order valence-electron chi connectivity index (χ4n) is 2.59. The average molecular weight is 355 g/mol. The van der Waals surface area contributed by atoms with Gasteiger partial charge in [0.15, 0.2) is 0 Å². The first-order valence-corrected chi connectivity index (χ1v) is 7.37. The molecule has 0 fully saturated rings. The van der Waals surface area contributed by atoms with Crippen LogP contribution in [0.2, 0.25) is 0 Å². The van der Waals surface area contributed by atoms with Crippen molar-refractivity contribution in [3.63, 3.8) is 0 Å². The van der Waals surface area contributed by atoms with E-state index in [1.54, 1.807) is 18.2 Å². The van der Waals surface area contributed by atoms with Crippen molar-refractivity contribution in [3.8, 4) is 5.75 Å². The lowest BCUT2D eigenvalue weighted by molar-refractivity contribution is 0.209. The van der Waals surface area contributed by atoms with Gasteiger partial charge in [-0.3, -0.25) is 0 Å². The van der Waals surface area contributed by atoms with E-state index < -0.39 is 17.7 Å². The average Bonchev–Trinajstić information content (AvgIpc) is 2.76. The molecule has 110 valence electrons. The highest BCUT2D eigenvalue weighted by molar-refractivity contribution is 9.10. The van der Waals surface area contributed by atoms with Gasteiger partial charge in [-0.25, -0.2) is 8.78 Å². The highest BCUT2D eigenvalue weighted by atomic mass is 79.9. The molecule has 5 heteroatoms. The summed E-state index contributed by atoms with van der Waals surface area (Å²) < 4.78 is 33.7. The Hall–Kier alpha value is -1.46. The van der Waals surface area contributed by atoms with Crippen LogP contribution < -0.4 is 4.74 Å². The fraction of sp³-hybridized carbons (Fsp3) is 0.250. The molecular formula is C16H13BrF2O2. The summed E-state index contributed by atoms with van der Waals surface area (Å²) in [4.78, 5) is 0. The summed E-state index contributed by atoms with van der Waals surface area (Å²) >= 11 is 3.02. The van der Waals surface area contributed by atoms with Crippen molar-refractivity contribution in [2.75, 3.05) is 0 Å². The molecule has 1 heterocycles. The van der Waals surface area contributed by atoms with Crippen LogP contribution in [0.25, 0.3) is 0 Å². The summed E-state index contributed by atoms with van der Waals surface area (Å²) in [5.41, 5.74) is 1.05. The summed E-state index contributed by atoms with van der Waals surface area (Å²) in [6, 6.07) is 7.37. The number of ether oxygens (including phenoxy) is 1. The van der Waals surface area contributed by atoms with Gasteiger partial charge in [0.1, 0.15) is 29.6 Å². The second-order valence-corrected chi connectivity index (χ2v) is 6.10. The molecule has 1 N–H and O–H groups in total. The van der Waals surface area contributed by atoms with Gasteiger partial charge in [0.25, 0.3) is 0 Å². The number of fused-ring (bicyclic) bond motifs is 1. The Morgan fingerprint density at radius 3 is 2.57 bits per heavy atom. The molecule has 0 aromatic heterocycles. The molecule has 3 rings (SSSR count). The van der Waals surface area contributed by atoms with E-state index in [4.69, 9.17) is 4.74 Å². The number of aliphatic hydroxyl groups is 1. The van der Waals surface area contributed by atoms with E-state index in [0.29, 0.717) is 10.0 Å². The predicted octanol–water partition coefficient (Wildman–Crippen LogP) is 4.13. The van der Waals surface area contributed by atoms with Gasteiger partial charge in [-0.05, 0) is 42.3 Å². The van der Waals surface area contributed by atoms with Crippen molar-refractivity contribution in [2.24, 2.45) is 0 Å². The predicted molar refractivity (Wildman–Crippen MR) is 78.4 cm³/mol. The van der Waals surface area contributed by atoms with Crippen molar-refractivity contribution >= 4 is 15.9 Å². The maximum absolute atomic E-state index is 13.9. The van der Waals surface area contributed by atoms with Gasteiger partial charge in [-0.2, -0.15) is 0 Å². The molecule has 2 atom stereocenters. The summed E-state index contributed by atoms with van der Waals surface area (Å²) in [5.74, 6) is -0.797. The van der Waals surface area contributed by atoms with Crippen LogP contribution in [0.5, 0.6) is 5.75 Å². The maximum Gasteiger partial charge on any atom is 0.133 e. The smallest absolute Gasteiger partial charge is 0.133 e. The van der Waals surface area contributed by atoms with E-state index in [2.05, 4.69) is 15.9 Å². The zero-order valence-corrected chi connectivity index (χ0v) is 12.8. The second-order valence-electron chi connectivity index (χ2n) is 5.19. The first-order valence-electron chi connectivity index (χ1n) is 6.57. The zero-order valence-electron chi connectivity index (χ0n) is 11.2. The lowest BCUT2D eigenvalue weighted by Crippen LogP contribution is -2.06. The van der Waals surface area contributed by atoms with Crippen molar-refractivity contribution < 1.29 is 18.6 Å². The summed E-state index contributed by atoms with van der Waals surface area (Å²) in [7, 11) is 0. The molecule has 0 saturated carbocycles. The van der Waals surface area contributed by atoms with Crippen molar-refractivity contribution in [1.29, 1.82) is 0 Å². The summed E-state index contributed by atoms with van der Waals surface area (Å²) in [6.45, 7) is 1.95. The molecule has 2 unspecified atom stereocenters. The van der Waals surface area contributed by atoms with Gasteiger partial charge in [0.2, 0.25) is 0 Å². The number of aliphatic hydroxyl groups excluding tert-OH is 1. The van der Waals surface area contributed by atoms with Gasteiger partial charge >= 0.3 is 0 Å². The number of hydrogen-bond donors (Lipinski definition) is 1. The maximum atomic E-state index is 13.9. The van der Waals surface area contributed by atoms with Crippen LogP contribution in [0.1, 0.15) is 29.7 Å². The number of benzene rings is 2. The Balaban J connectivity index is 2.00. The van der Waals surface area contributed by atoms with Crippen LogP contribution in [0.4, 0.5) is 8.78 Å². The Morgan fingerprint density at radius 1 is 1.24 bits per heavy atom. The van der Waals surface area contributed by atoms with Crippen molar-refractivity contribution in [2.45, 2.75) is 25.6 Å². The Bertz CT molecular complexity index is 680. The third-order valence-electron chi connectivity index (χ3n) is 3.55. The highest BCUT2D eigenvalue weighted by Gasteiger charge is 2.24. The van der Waals surface area contributed by atoms with Crippen LogP contribution in [0.3, 0.4) is 0 Å². The molecular weight excluding hydrogens is 342 g/mol. The van der Waals surface area contributed by atoms with Gasteiger partial charge in [-0.1, -0.05) is 22.0 Å². The van der Waals surface area contributed by atoms with Crippen LogP contribution in [-0.2, 0) is 6.42 Å². The molecule has 2 nitrogen and oxygen atoms in total. The molecule has 21 heavy (non-hydrogen) atoms. The zero-order chi connectivity index (χ0) is 15.1. The Kier molecular flexibility index (Phi) is 3.71. The minimum Gasteiger partial charge on any atom is -0.490 e. The molecule has 0 spiro atoms. The molecule has 1 aliphatic heterocycles. The first-order chi connectivity index (χ1) is 9.95. The normalized spacial score (nSPS) is 18.2. The lowest BCUT2D eigenvalue weighted by atomic mass is 9.97. The van der Waals surface area contributed by atoms with E-state index >= 15 is 0 Å². The molecule has 0 bridgehead atoms. The molecule has 0 amide bonds. The minimum absolute atomic E-state index is 0.0774. The second kappa shape index (κ2) is 5.39. The topological polar surface area (TPSA) is 29.5 Å². The highest BCUT2D eigenvalue weighted by Crippen LogP contribution is 2.34. The number of rotatable bonds is 2. The first kappa shape index (κ1) is 14.5. The summed E-state index contributed by atoms with van der Waals surface area (Å²) in [6.07, 6.45) is -0.547.